The predicted octanol–water partition coefficient (Wildman–Crippen LogP) is 7.38. The van der Waals surface area contributed by atoms with Crippen LogP contribution >= 0.6 is 0 Å². The number of aromatic nitrogens is 1. The minimum absolute atomic E-state index is 0.0505. The van der Waals surface area contributed by atoms with E-state index in [9.17, 15) is 19.5 Å². The molecule has 1 aromatic heterocycles. The van der Waals surface area contributed by atoms with Gasteiger partial charge < -0.3 is 19.7 Å². The van der Waals surface area contributed by atoms with Crippen molar-refractivity contribution in [2.75, 3.05) is 5.32 Å². The van der Waals surface area contributed by atoms with Crippen LogP contribution in [-0.4, -0.2) is 27.3 Å². The molecule has 1 amide bonds. The predicted molar refractivity (Wildman–Crippen MR) is 174 cm³/mol. The number of nitrogens with one attached hydrogen (secondary N) is 1. The van der Waals surface area contributed by atoms with Crippen LogP contribution in [0, 0.1) is 0 Å². The second kappa shape index (κ2) is 13.1. The van der Waals surface area contributed by atoms with E-state index in [-0.39, 0.29) is 16.8 Å². The lowest BCUT2D eigenvalue weighted by atomic mass is 10.0. The van der Waals surface area contributed by atoms with Gasteiger partial charge in [0.2, 0.25) is 0 Å². The number of Topliss-reactive ketones (excluding diaryl/α,β-unsaturated/α-hetero) is 1. The van der Waals surface area contributed by atoms with E-state index in [2.05, 4.69) is 41.7 Å². The number of rotatable bonds is 11. The Balaban J connectivity index is 1.29. The zero-order valence-corrected chi connectivity index (χ0v) is 24.4. The Bertz CT molecular complexity index is 1980. The number of ether oxygens (including phenoxy) is 1. The smallest absolute Gasteiger partial charge is 0.337 e. The first-order valence-corrected chi connectivity index (χ1v) is 14.5. The molecule has 0 atom stereocenters. The Kier molecular flexibility index (Phi) is 8.51. The second-order valence-electron chi connectivity index (χ2n) is 10.7. The highest BCUT2D eigenvalue weighted by Gasteiger charge is 2.24. The number of anilines is 1. The maximum Gasteiger partial charge on any atom is 0.337 e. The molecule has 0 saturated heterocycles. The molecular formula is C38H30N2O5. The van der Waals surface area contributed by atoms with Gasteiger partial charge in [0.25, 0.3) is 11.7 Å². The fraction of sp³-hybridized carbons (Fsp3) is 0.0789. The van der Waals surface area contributed by atoms with E-state index in [0.29, 0.717) is 24.3 Å². The lowest BCUT2D eigenvalue weighted by Crippen LogP contribution is -2.24. The monoisotopic (exact) mass is 594 g/mol. The van der Waals surface area contributed by atoms with E-state index in [4.69, 9.17) is 4.74 Å². The fourth-order valence-corrected chi connectivity index (χ4v) is 5.29. The maximum atomic E-state index is 13.6. The van der Waals surface area contributed by atoms with E-state index >= 15 is 0 Å². The van der Waals surface area contributed by atoms with E-state index in [1.54, 1.807) is 24.4 Å². The fourth-order valence-electron chi connectivity index (χ4n) is 5.29. The molecule has 6 aromatic rings. The summed E-state index contributed by atoms with van der Waals surface area (Å²) in [6.45, 7) is 0.821. The molecule has 7 nitrogen and oxygen atoms in total. The van der Waals surface area contributed by atoms with Gasteiger partial charge in [-0.05, 0) is 59.0 Å². The molecule has 45 heavy (non-hydrogen) atoms. The van der Waals surface area contributed by atoms with E-state index < -0.39 is 17.7 Å². The Labute approximate surface area is 260 Å². The Morgan fingerprint density at radius 3 is 2.00 bits per heavy atom. The van der Waals surface area contributed by atoms with Gasteiger partial charge in [0, 0.05) is 23.6 Å². The van der Waals surface area contributed by atoms with Gasteiger partial charge in [0.1, 0.15) is 12.4 Å². The van der Waals surface area contributed by atoms with Crippen LogP contribution in [0.15, 0.2) is 134 Å². The van der Waals surface area contributed by atoms with Crippen LogP contribution in [-0.2, 0) is 24.4 Å². The molecule has 0 aliphatic carbocycles. The zero-order valence-electron chi connectivity index (χ0n) is 24.4. The number of benzene rings is 5. The van der Waals surface area contributed by atoms with Gasteiger partial charge in [-0.3, -0.25) is 9.59 Å². The standard InChI is InChI=1S/C38H30N2O5/c41-36(37(42)39-34-14-8-7-13-31(34)38(43)44)33-24-40(23-28-17-15-27(16-18-28)21-26-9-3-1-4-10-26)35-20-19-30(22-32(33)35)45-25-29-11-5-2-6-12-29/h1-20,22,24H,21,23,25H2,(H,39,42)(H,43,44). The number of amides is 1. The highest BCUT2D eigenvalue weighted by Crippen LogP contribution is 2.29. The van der Waals surface area contributed by atoms with Crippen LogP contribution in [0.3, 0.4) is 0 Å². The highest BCUT2D eigenvalue weighted by atomic mass is 16.5. The average Bonchev–Trinajstić information content (AvgIpc) is 3.42. The number of nitrogens with zero attached hydrogens (tertiary/aromatic N) is 1. The summed E-state index contributed by atoms with van der Waals surface area (Å²) in [4.78, 5) is 38.4. The Morgan fingerprint density at radius 2 is 1.29 bits per heavy atom. The third kappa shape index (κ3) is 6.84. The van der Waals surface area contributed by atoms with Gasteiger partial charge in [-0.15, -0.1) is 0 Å². The topological polar surface area (TPSA) is 97.6 Å². The summed E-state index contributed by atoms with van der Waals surface area (Å²) in [5, 5.41) is 12.6. The van der Waals surface area contributed by atoms with Gasteiger partial charge in [-0.25, -0.2) is 4.79 Å². The first-order chi connectivity index (χ1) is 21.9. The molecular weight excluding hydrogens is 564 g/mol. The number of aromatic carboxylic acids is 1. The van der Waals surface area contributed by atoms with Crippen LogP contribution in [0.2, 0.25) is 0 Å². The van der Waals surface area contributed by atoms with Crippen molar-refractivity contribution >= 4 is 34.3 Å². The lowest BCUT2D eigenvalue weighted by Gasteiger charge is -2.09. The lowest BCUT2D eigenvalue weighted by molar-refractivity contribution is -0.112. The van der Waals surface area contributed by atoms with Gasteiger partial charge >= 0.3 is 5.97 Å². The summed E-state index contributed by atoms with van der Waals surface area (Å²) in [6, 6.07) is 39.8. The molecule has 2 N–H and O–H groups in total. The summed E-state index contributed by atoms with van der Waals surface area (Å²) in [5.41, 5.74) is 5.36. The van der Waals surface area contributed by atoms with E-state index in [0.717, 1.165) is 23.1 Å². The molecule has 0 fully saturated rings. The number of fused-ring (bicyclic) bond motifs is 1. The molecule has 0 aliphatic heterocycles. The molecule has 6 rings (SSSR count). The number of hydrogen-bond donors (Lipinski definition) is 2. The first-order valence-electron chi connectivity index (χ1n) is 14.5. The molecule has 0 aliphatic rings. The molecule has 0 saturated carbocycles. The van der Waals surface area contributed by atoms with Gasteiger partial charge in [-0.2, -0.15) is 0 Å². The van der Waals surface area contributed by atoms with Gasteiger partial charge in [0.15, 0.2) is 0 Å². The van der Waals surface area contributed by atoms with Crippen LogP contribution in [0.4, 0.5) is 5.69 Å². The summed E-state index contributed by atoms with van der Waals surface area (Å²) < 4.78 is 7.97. The van der Waals surface area contributed by atoms with Crippen molar-refractivity contribution in [1.82, 2.24) is 4.57 Å². The van der Waals surface area contributed by atoms with Crippen molar-refractivity contribution in [3.63, 3.8) is 0 Å². The molecule has 7 heteroatoms. The zero-order chi connectivity index (χ0) is 31.2. The molecule has 222 valence electrons. The largest absolute Gasteiger partial charge is 0.489 e. The highest BCUT2D eigenvalue weighted by molar-refractivity contribution is 6.48. The van der Waals surface area contributed by atoms with Crippen LogP contribution in [0.5, 0.6) is 5.75 Å². The van der Waals surface area contributed by atoms with E-state index in [1.807, 2.05) is 65.2 Å². The van der Waals surface area contributed by atoms with Crippen LogP contribution in [0.1, 0.15) is 43.0 Å². The number of ketones is 1. The van der Waals surface area contributed by atoms with Gasteiger partial charge in [0.05, 0.1) is 16.8 Å². The van der Waals surface area contributed by atoms with Gasteiger partial charge in [-0.1, -0.05) is 97.1 Å². The minimum atomic E-state index is -1.20. The maximum absolute atomic E-state index is 13.6. The van der Waals surface area contributed by atoms with Crippen molar-refractivity contribution in [3.8, 4) is 5.75 Å². The normalized spacial score (nSPS) is 10.8. The molecule has 0 bridgehead atoms. The Morgan fingerprint density at radius 1 is 0.667 bits per heavy atom. The molecule has 0 radical (unpaired) electrons. The Hall–Kier alpha value is -5.95. The van der Waals surface area contributed by atoms with Crippen LogP contribution < -0.4 is 10.1 Å². The summed E-state index contributed by atoms with van der Waals surface area (Å²) >= 11 is 0. The third-order valence-corrected chi connectivity index (χ3v) is 7.58. The number of carboxylic acids is 1. The molecule has 1 heterocycles. The molecule has 0 spiro atoms. The average molecular weight is 595 g/mol. The second-order valence-corrected chi connectivity index (χ2v) is 10.7. The molecule has 0 unspecified atom stereocenters. The van der Waals surface area contributed by atoms with Crippen molar-refractivity contribution in [2.24, 2.45) is 0 Å². The number of hydrogen-bond acceptors (Lipinski definition) is 4. The quantitative estimate of drug-likeness (QED) is 0.121. The van der Waals surface area contributed by atoms with Crippen molar-refractivity contribution in [3.05, 3.63) is 167 Å². The minimum Gasteiger partial charge on any atom is -0.489 e. The SMILES string of the molecule is O=C(Nc1ccccc1C(=O)O)C(=O)c1cn(Cc2ccc(Cc3ccccc3)cc2)c2ccc(OCc3ccccc3)cc12. The summed E-state index contributed by atoms with van der Waals surface area (Å²) in [6.07, 6.45) is 2.51. The number of carbonyl (C=O) groups is 3. The number of carboxylic acid groups (broad SMARTS) is 1. The summed E-state index contributed by atoms with van der Waals surface area (Å²) in [7, 11) is 0. The van der Waals surface area contributed by atoms with E-state index in [1.165, 1.54) is 23.3 Å². The number of para-hydroxylation sites is 1. The van der Waals surface area contributed by atoms with Crippen LogP contribution in [0.25, 0.3) is 10.9 Å². The number of carbonyl (C=O) groups excluding carboxylic acids is 2. The summed E-state index contributed by atoms with van der Waals surface area (Å²) in [5.74, 6) is -2.36. The first kappa shape index (κ1) is 29.1. The van der Waals surface area contributed by atoms with Crippen molar-refractivity contribution in [2.45, 2.75) is 19.6 Å². The third-order valence-electron chi connectivity index (χ3n) is 7.58. The molecule has 5 aromatic carbocycles. The van der Waals surface area contributed by atoms with Crippen molar-refractivity contribution in [1.29, 1.82) is 0 Å². The van der Waals surface area contributed by atoms with Crippen molar-refractivity contribution < 1.29 is 24.2 Å².